The number of likely N-dealkylation sites (tertiary alicyclic amines) is 1. The fourth-order valence-electron chi connectivity index (χ4n) is 10.1. The summed E-state index contributed by atoms with van der Waals surface area (Å²) in [6.45, 7) is 20.4. The number of esters is 1. The van der Waals surface area contributed by atoms with Crippen LogP contribution in [0.1, 0.15) is 83.7 Å². The topological polar surface area (TPSA) is 166 Å². The van der Waals surface area contributed by atoms with Crippen LogP contribution in [-0.4, -0.2) is 127 Å². The van der Waals surface area contributed by atoms with Crippen molar-refractivity contribution in [3.8, 4) is 22.4 Å². The summed E-state index contributed by atoms with van der Waals surface area (Å²) in [5, 5.41) is 9.06. The van der Waals surface area contributed by atoms with E-state index in [0.717, 1.165) is 63.1 Å². The number of nitrogens with zero attached hydrogens (tertiary/aromatic N) is 4. The summed E-state index contributed by atoms with van der Waals surface area (Å²) in [5.74, 6) is -1.89. The molecule has 5 atom stereocenters. The van der Waals surface area contributed by atoms with Gasteiger partial charge in [0.15, 0.2) is 0 Å². The quantitative estimate of drug-likeness (QED) is 0.110. The van der Waals surface area contributed by atoms with Gasteiger partial charge in [-0.3, -0.25) is 29.2 Å². The Morgan fingerprint density at radius 2 is 1.84 bits per heavy atom. The third-order valence-electron chi connectivity index (χ3n) is 14.3. The van der Waals surface area contributed by atoms with Crippen molar-refractivity contribution in [1.82, 2.24) is 35.5 Å². The molecule has 8 rings (SSSR count). The van der Waals surface area contributed by atoms with Crippen LogP contribution in [0, 0.1) is 17.3 Å². The molecule has 6 heterocycles. The lowest BCUT2D eigenvalue weighted by molar-refractivity contribution is -0.155. The van der Waals surface area contributed by atoms with Gasteiger partial charge in [-0.15, -0.1) is 0 Å². The van der Waals surface area contributed by atoms with Crippen LogP contribution in [0.3, 0.4) is 0 Å². The number of aryl methyl sites for hydroxylation is 1. The maximum absolute atomic E-state index is 14.7. The van der Waals surface area contributed by atoms with Gasteiger partial charge >= 0.3 is 5.97 Å². The maximum Gasteiger partial charge on any atom is 0.324 e. The monoisotopic (exact) mass is 946 g/mol. The zero-order valence-corrected chi connectivity index (χ0v) is 41.5. The van der Waals surface area contributed by atoms with Gasteiger partial charge in [-0.05, 0) is 98.5 Å². The first-order valence-corrected chi connectivity index (χ1v) is 24.8. The third kappa shape index (κ3) is 11.1. The molecule has 3 saturated heterocycles. The first-order valence-electron chi connectivity index (χ1n) is 24.8. The normalized spacial score (nSPS) is 22.3. The van der Waals surface area contributed by atoms with Crippen molar-refractivity contribution in [3.05, 3.63) is 89.8 Å². The van der Waals surface area contributed by atoms with E-state index >= 15 is 0 Å². The van der Waals surface area contributed by atoms with Crippen molar-refractivity contribution in [2.24, 2.45) is 17.3 Å². The molecule has 3 fully saturated rings. The molecule has 2 aromatic heterocycles. The highest BCUT2D eigenvalue weighted by Gasteiger charge is 2.39. The molecular formula is C54H71N7O8. The smallest absolute Gasteiger partial charge is 0.324 e. The Morgan fingerprint density at radius 3 is 2.61 bits per heavy atom. The van der Waals surface area contributed by atoms with Crippen LogP contribution in [0.25, 0.3) is 33.3 Å². The second-order valence-corrected chi connectivity index (χ2v) is 20.3. The zero-order valence-electron chi connectivity index (χ0n) is 41.5. The van der Waals surface area contributed by atoms with Gasteiger partial charge < -0.3 is 39.0 Å². The van der Waals surface area contributed by atoms with Crippen molar-refractivity contribution in [2.75, 3.05) is 59.7 Å². The van der Waals surface area contributed by atoms with E-state index in [1.165, 1.54) is 5.01 Å². The van der Waals surface area contributed by atoms with Gasteiger partial charge in [-0.25, -0.2) is 5.43 Å². The summed E-state index contributed by atoms with van der Waals surface area (Å²) in [4.78, 5) is 62.8. The second-order valence-electron chi connectivity index (χ2n) is 20.3. The van der Waals surface area contributed by atoms with E-state index in [-0.39, 0.29) is 61.5 Å². The van der Waals surface area contributed by atoms with Gasteiger partial charge in [0.2, 0.25) is 5.91 Å². The predicted molar refractivity (Wildman–Crippen MR) is 265 cm³/mol. The summed E-state index contributed by atoms with van der Waals surface area (Å²) in [7, 11) is 1.70. The SMILES string of the molecule is C=C(C(=O)N1CC(OC[C@H](C(=O)N[C@H]2Cc3cccc(c3)-c3ccc4c(c3)c(c(-c3cccnc3[C@H](C)OC)n4CC)CC(C)(C)COC(=O)[C@@H]3CCCN(N3)C2=O)C(C)C)C1)[C@@H]1COCCCN1. The Kier molecular flexibility index (Phi) is 15.7. The molecule has 370 valence electrons. The second kappa shape index (κ2) is 21.7. The van der Waals surface area contributed by atoms with Gasteiger partial charge in [0.25, 0.3) is 11.8 Å². The Labute approximate surface area is 406 Å². The predicted octanol–water partition coefficient (Wildman–Crippen LogP) is 6.18. The minimum atomic E-state index is -0.961. The minimum absolute atomic E-state index is 0.117. The summed E-state index contributed by atoms with van der Waals surface area (Å²) in [6.07, 6.45) is 4.10. The van der Waals surface area contributed by atoms with Crippen LogP contribution in [0.5, 0.6) is 0 Å². The van der Waals surface area contributed by atoms with Crippen LogP contribution >= 0.6 is 0 Å². The Hall–Kier alpha value is -5.45. The number of carbonyl (C=O) groups excluding carboxylic acids is 4. The Morgan fingerprint density at radius 1 is 1.04 bits per heavy atom. The molecule has 3 N–H and O–H groups in total. The highest BCUT2D eigenvalue weighted by Crippen LogP contribution is 2.42. The fraction of sp³-hybridized carbons (Fsp3) is 0.537. The molecule has 0 radical (unpaired) electrons. The van der Waals surface area contributed by atoms with Crippen molar-refractivity contribution in [1.29, 1.82) is 0 Å². The Bertz CT molecular complexity index is 2520. The van der Waals surface area contributed by atoms with Crippen LogP contribution in [0.2, 0.25) is 0 Å². The van der Waals surface area contributed by atoms with Crippen molar-refractivity contribution < 1.29 is 38.1 Å². The Balaban J connectivity index is 1.08. The number of aromatic nitrogens is 2. The van der Waals surface area contributed by atoms with Crippen LogP contribution in [0.15, 0.2) is 72.9 Å². The average molecular weight is 946 g/mol. The van der Waals surface area contributed by atoms with E-state index in [1.54, 1.807) is 18.2 Å². The maximum atomic E-state index is 14.7. The van der Waals surface area contributed by atoms with Crippen LogP contribution < -0.4 is 16.1 Å². The number of hydrogen-bond acceptors (Lipinski definition) is 11. The van der Waals surface area contributed by atoms with E-state index in [4.69, 9.17) is 23.9 Å². The van der Waals surface area contributed by atoms with E-state index < -0.39 is 29.4 Å². The first kappa shape index (κ1) is 50.0. The molecule has 2 aromatic carbocycles. The molecule has 3 amide bonds. The van der Waals surface area contributed by atoms with E-state index in [2.05, 4.69) is 84.4 Å². The molecule has 69 heavy (non-hydrogen) atoms. The number of amides is 3. The summed E-state index contributed by atoms with van der Waals surface area (Å²) in [6, 6.07) is 16.9. The highest BCUT2D eigenvalue weighted by molar-refractivity contribution is 5.96. The molecule has 4 aromatic rings. The number of hydrazine groups is 1. The van der Waals surface area contributed by atoms with E-state index in [1.807, 2.05) is 39.0 Å². The van der Waals surface area contributed by atoms with Gasteiger partial charge in [0.1, 0.15) is 12.1 Å². The molecule has 0 aliphatic carbocycles. The van der Waals surface area contributed by atoms with Crippen molar-refractivity contribution in [3.63, 3.8) is 0 Å². The third-order valence-corrected chi connectivity index (χ3v) is 14.3. The number of ether oxygens (including phenoxy) is 4. The number of carbonyl (C=O) groups is 4. The molecule has 4 aliphatic heterocycles. The lowest BCUT2D eigenvalue weighted by Crippen LogP contribution is -2.61. The van der Waals surface area contributed by atoms with Crippen LogP contribution in [0.4, 0.5) is 0 Å². The van der Waals surface area contributed by atoms with Gasteiger partial charge in [-0.1, -0.05) is 64.6 Å². The summed E-state index contributed by atoms with van der Waals surface area (Å²) >= 11 is 0. The van der Waals surface area contributed by atoms with Crippen molar-refractivity contribution >= 4 is 34.6 Å². The largest absolute Gasteiger partial charge is 0.464 e. The first-order chi connectivity index (χ1) is 33.2. The van der Waals surface area contributed by atoms with Crippen molar-refractivity contribution in [2.45, 2.75) is 111 Å². The minimum Gasteiger partial charge on any atom is -0.464 e. The number of methoxy groups -OCH3 is 1. The zero-order chi connectivity index (χ0) is 49.0. The lowest BCUT2D eigenvalue weighted by atomic mass is 9.84. The number of fused-ring (bicyclic) bond motifs is 6. The molecule has 6 bridgehead atoms. The van der Waals surface area contributed by atoms with Gasteiger partial charge in [0, 0.05) is 80.0 Å². The number of rotatable bonds is 12. The number of benzene rings is 2. The number of cyclic esters (lactones) is 1. The van der Waals surface area contributed by atoms with Gasteiger partial charge in [0.05, 0.1) is 55.4 Å². The van der Waals surface area contributed by atoms with E-state index in [9.17, 15) is 19.2 Å². The fourth-order valence-corrected chi connectivity index (χ4v) is 10.1. The van der Waals surface area contributed by atoms with Crippen LogP contribution in [-0.2, 0) is 57.5 Å². The average Bonchev–Trinajstić information content (AvgIpc) is 3.44. The molecule has 0 unspecified atom stereocenters. The lowest BCUT2D eigenvalue weighted by Gasteiger charge is -2.40. The highest BCUT2D eigenvalue weighted by atomic mass is 16.5. The molecule has 0 spiro atoms. The molecule has 15 heteroatoms. The molecule has 15 nitrogen and oxygen atoms in total. The van der Waals surface area contributed by atoms with Gasteiger partial charge in [-0.2, -0.15) is 0 Å². The number of pyridine rings is 1. The molecule has 0 saturated carbocycles. The molecule has 4 aliphatic rings. The standard InChI is InChI=1S/C54H71N7O8/c1-9-60-47-19-18-38-26-41(47)42(49(60)40-16-11-20-56-48(40)35(5)66-8)27-54(6,7)32-69-53(65)44-17-12-22-61(58-44)52(64)45(25-36-14-10-15-37(38)24-36)57-50(62)43(33(2)3)30-68-39-28-59(29-39)51(63)34(4)46-31-67-23-13-21-55-46/h10-11,14-16,18-20,24,26,33,35,39,43-46,55,58H,4,9,12-13,17,21-23,25,27-32H2,1-3,5-8H3,(H,57,62)/t35-,43-,44-,45-,46-/m0/s1. The van der Waals surface area contributed by atoms with E-state index in [0.29, 0.717) is 64.2 Å². The summed E-state index contributed by atoms with van der Waals surface area (Å²) < 4.78 is 26.2. The number of nitrogens with one attached hydrogen (secondary N) is 3. The summed E-state index contributed by atoms with van der Waals surface area (Å²) in [5.41, 5.74) is 11.2. The molecular weight excluding hydrogens is 875 g/mol. The number of hydrogen-bond donors (Lipinski definition) is 3.